The summed E-state index contributed by atoms with van der Waals surface area (Å²) in [6, 6.07) is 21.0. The minimum Gasteiger partial charge on any atom is -0.497 e. The summed E-state index contributed by atoms with van der Waals surface area (Å²) in [4.78, 5) is 32.0. The standard InChI is InChI=1S/C35H26F6N4O3S/c1-48-26-11-12-30-29(18-26)45-19-28(44-33(45)49-30)22-7-9-25(10-8-22)42-32(47)27(15-20-5-3-2-4-6-20)43-31(46)16-21-13-23(34(36,37)38)17-24(14-21)35(39,40)41/h2-14,17-19,27H,15-16H2,1H3,(H,42,47)(H,43,46). The summed E-state index contributed by atoms with van der Waals surface area (Å²) in [7, 11) is 1.60. The number of carbonyl (C=O) groups is 2. The molecule has 0 saturated heterocycles. The van der Waals surface area contributed by atoms with Crippen LogP contribution in [0, 0.1) is 0 Å². The van der Waals surface area contributed by atoms with E-state index >= 15 is 0 Å². The maximum absolute atomic E-state index is 13.4. The highest BCUT2D eigenvalue weighted by Gasteiger charge is 2.37. The van der Waals surface area contributed by atoms with E-state index in [-0.39, 0.29) is 12.5 Å². The Bertz CT molecular complexity index is 2110. The molecule has 49 heavy (non-hydrogen) atoms. The van der Waals surface area contributed by atoms with Crippen LogP contribution in [0.5, 0.6) is 5.75 Å². The fourth-order valence-electron chi connectivity index (χ4n) is 5.31. The number of nitrogens with zero attached hydrogens (tertiary/aromatic N) is 2. The van der Waals surface area contributed by atoms with Crippen molar-refractivity contribution in [3.05, 3.63) is 119 Å². The molecule has 1 unspecified atom stereocenters. The number of alkyl halides is 6. The summed E-state index contributed by atoms with van der Waals surface area (Å²) in [6.07, 6.45) is -9.03. The van der Waals surface area contributed by atoms with E-state index in [0.29, 0.717) is 29.1 Å². The molecule has 0 aliphatic carbocycles. The molecule has 2 amide bonds. The first-order valence-electron chi connectivity index (χ1n) is 14.8. The SMILES string of the molecule is COc1ccc2sc3nc(-c4ccc(NC(=O)C(Cc5ccccc5)NC(=O)Cc5cc(C(F)(F)F)cc(C(F)(F)F)c5)cc4)cn3c2c1. The van der Waals surface area contributed by atoms with E-state index in [2.05, 4.69) is 10.6 Å². The van der Waals surface area contributed by atoms with Crippen molar-refractivity contribution in [3.8, 4) is 17.0 Å². The average Bonchev–Trinajstić information content (AvgIpc) is 3.62. The smallest absolute Gasteiger partial charge is 0.416 e. The number of aromatic nitrogens is 2. The van der Waals surface area contributed by atoms with Crippen LogP contribution < -0.4 is 15.4 Å². The number of benzene rings is 4. The monoisotopic (exact) mass is 696 g/mol. The molecule has 14 heteroatoms. The Morgan fingerprint density at radius 1 is 0.857 bits per heavy atom. The highest BCUT2D eigenvalue weighted by atomic mass is 32.1. The number of carbonyl (C=O) groups excluding carboxylic acids is 2. The molecular weight excluding hydrogens is 670 g/mol. The molecule has 0 aliphatic heterocycles. The molecular formula is C35H26F6N4O3S. The van der Waals surface area contributed by atoms with Crippen molar-refractivity contribution in [2.24, 2.45) is 0 Å². The predicted molar refractivity (Wildman–Crippen MR) is 173 cm³/mol. The Morgan fingerprint density at radius 2 is 1.53 bits per heavy atom. The molecule has 0 bridgehead atoms. The Labute approximate surface area is 279 Å². The summed E-state index contributed by atoms with van der Waals surface area (Å²) in [5.41, 5.74) is -0.0775. The first-order valence-corrected chi connectivity index (χ1v) is 15.6. The molecule has 0 fully saturated rings. The quantitative estimate of drug-likeness (QED) is 0.150. The normalized spacial score (nSPS) is 12.6. The minimum absolute atomic E-state index is 0.00670. The van der Waals surface area contributed by atoms with Gasteiger partial charge in [0.25, 0.3) is 0 Å². The lowest BCUT2D eigenvalue weighted by molar-refractivity contribution is -0.143. The zero-order chi connectivity index (χ0) is 34.9. The second-order valence-corrected chi connectivity index (χ2v) is 12.2. The molecule has 0 radical (unpaired) electrons. The maximum Gasteiger partial charge on any atom is 0.416 e. The number of anilines is 1. The number of amides is 2. The fraction of sp³-hybridized carbons (Fsp3) is 0.171. The number of nitrogens with one attached hydrogen (secondary N) is 2. The Morgan fingerprint density at radius 3 is 2.16 bits per heavy atom. The second kappa shape index (κ2) is 13.3. The van der Waals surface area contributed by atoms with Crippen molar-refractivity contribution in [3.63, 3.8) is 0 Å². The van der Waals surface area contributed by atoms with E-state index in [0.717, 1.165) is 26.5 Å². The Balaban J connectivity index is 1.19. The van der Waals surface area contributed by atoms with Crippen LogP contribution in [0.25, 0.3) is 26.4 Å². The van der Waals surface area contributed by atoms with Gasteiger partial charge in [-0.05, 0) is 53.6 Å². The van der Waals surface area contributed by atoms with E-state index in [1.54, 1.807) is 61.7 Å². The van der Waals surface area contributed by atoms with Crippen LogP contribution in [0.4, 0.5) is 32.0 Å². The van der Waals surface area contributed by atoms with Gasteiger partial charge in [-0.25, -0.2) is 4.98 Å². The molecule has 0 saturated carbocycles. The Kier molecular flexibility index (Phi) is 9.08. The average molecular weight is 697 g/mol. The van der Waals surface area contributed by atoms with Gasteiger partial charge in [-0.2, -0.15) is 26.3 Å². The molecule has 2 heterocycles. The van der Waals surface area contributed by atoms with Gasteiger partial charge in [0.15, 0.2) is 4.96 Å². The number of hydrogen-bond acceptors (Lipinski definition) is 5. The van der Waals surface area contributed by atoms with Crippen LogP contribution in [0.3, 0.4) is 0 Å². The molecule has 1 atom stereocenters. The lowest BCUT2D eigenvalue weighted by Gasteiger charge is -2.19. The topological polar surface area (TPSA) is 84.7 Å². The van der Waals surface area contributed by atoms with E-state index in [1.807, 2.05) is 28.8 Å². The van der Waals surface area contributed by atoms with Gasteiger partial charge < -0.3 is 15.4 Å². The fourth-order valence-corrected chi connectivity index (χ4v) is 6.30. The highest BCUT2D eigenvalue weighted by molar-refractivity contribution is 7.23. The van der Waals surface area contributed by atoms with Gasteiger partial charge in [0.1, 0.15) is 11.8 Å². The summed E-state index contributed by atoms with van der Waals surface area (Å²) in [5.74, 6) is -0.841. The summed E-state index contributed by atoms with van der Waals surface area (Å²) in [6.45, 7) is 0. The zero-order valence-corrected chi connectivity index (χ0v) is 26.3. The van der Waals surface area contributed by atoms with Gasteiger partial charge in [-0.15, -0.1) is 0 Å². The zero-order valence-electron chi connectivity index (χ0n) is 25.5. The lowest BCUT2D eigenvalue weighted by atomic mass is 10.0. The van der Waals surface area contributed by atoms with Crippen LogP contribution >= 0.6 is 11.3 Å². The van der Waals surface area contributed by atoms with Crippen molar-refractivity contribution < 1.29 is 40.7 Å². The maximum atomic E-state index is 13.4. The van der Waals surface area contributed by atoms with Crippen LogP contribution in [0.2, 0.25) is 0 Å². The van der Waals surface area contributed by atoms with Crippen molar-refractivity contribution in [2.45, 2.75) is 31.2 Å². The van der Waals surface area contributed by atoms with E-state index in [1.165, 1.54) is 11.3 Å². The van der Waals surface area contributed by atoms with Crippen molar-refractivity contribution >= 4 is 44.0 Å². The number of fused-ring (bicyclic) bond motifs is 3. The molecule has 0 spiro atoms. The predicted octanol–water partition coefficient (Wildman–Crippen LogP) is 8.17. The first-order chi connectivity index (χ1) is 23.3. The van der Waals surface area contributed by atoms with Crippen LogP contribution in [0.15, 0.2) is 97.2 Å². The summed E-state index contributed by atoms with van der Waals surface area (Å²) in [5, 5.41) is 5.23. The molecule has 2 N–H and O–H groups in total. The second-order valence-electron chi connectivity index (χ2n) is 11.2. The Hall–Kier alpha value is -5.37. The molecule has 6 rings (SSSR count). The van der Waals surface area contributed by atoms with Gasteiger partial charge in [0.05, 0.1) is 40.6 Å². The summed E-state index contributed by atoms with van der Waals surface area (Å²) >= 11 is 1.53. The molecule has 2 aromatic heterocycles. The lowest BCUT2D eigenvalue weighted by Crippen LogP contribution is -2.45. The third kappa shape index (κ3) is 7.70. The van der Waals surface area contributed by atoms with Crippen LogP contribution in [-0.4, -0.2) is 34.4 Å². The van der Waals surface area contributed by atoms with E-state index in [9.17, 15) is 35.9 Å². The number of thiazole rings is 1. The number of rotatable bonds is 9. The van der Waals surface area contributed by atoms with Gasteiger partial charge in [0, 0.05) is 29.9 Å². The summed E-state index contributed by atoms with van der Waals surface area (Å²) < 4.78 is 88.4. The molecule has 7 nitrogen and oxygen atoms in total. The van der Waals surface area contributed by atoms with Gasteiger partial charge >= 0.3 is 12.4 Å². The molecule has 6 aromatic rings. The number of halogens is 6. The third-order valence-electron chi connectivity index (χ3n) is 7.70. The highest BCUT2D eigenvalue weighted by Crippen LogP contribution is 2.37. The molecule has 0 aliphatic rings. The van der Waals surface area contributed by atoms with Crippen LogP contribution in [0.1, 0.15) is 22.3 Å². The number of imidazole rings is 1. The number of methoxy groups -OCH3 is 1. The van der Waals surface area contributed by atoms with Crippen molar-refractivity contribution in [2.75, 3.05) is 12.4 Å². The number of ether oxygens (including phenoxy) is 1. The van der Waals surface area contributed by atoms with Crippen molar-refractivity contribution in [1.82, 2.24) is 14.7 Å². The largest absolute Gasteiger partial charge is 0.497 e. The third-order valence-corrected chi connectivity index (χ3v) is 8.73. The van der Waals surface area contributed by atoms with Crippen LogP contribution in [-0.2, 0) is 34.8 Å². The van der Waals surface area contributed by atoms with Gasteiger partial charge in [-0.1, -0.05) is 53.8 Å². The molecule has 4 aromatic carbocycles. The minimum atomic E-state index is -5.06. The molecule has 252 valence electrons. The van der Waals surface area contributed by atoms with Gasteiger partial charge in [-0.3, -0.25) is 14.0 Å². The number of hydrogen-bond donors (Lipinski definition) is 2. The van der Waals surface area contributed by atoms with Crippen molar-refractivity contribution in [1.29, 1.82) is 0 Å². The van der Waals surface area contributed by atoms with E-state index in [4.69, 9.17) is 9.72 Å². The van der Waals surface area contributed by atoms with E-state index < -0.39 is 53.3 Å². The van der Waals surface area contributed by atoms with Gasteiger partial charge in [0.2, 0.25) is 11.8 Å². The first kappa shape index (κ1) is 33.5.